The lowest BCUT2D eigenvalue weighted by atomic mass is 10.2. The number of pyridine rings is 1. The van der Waals surface area contributed by atoms with Gasteiger partial charge in [0.15, 0.2) is 0 Å². The minimum Gasteiger partial charge on any atom is -0.468 e. The molecular formula is C15H17N4O2. The maximum Gasteiger partial charge on any atom is 0.252 e. The second kappa shape index (κ2) is 5.97. The van der Waals surface area contributed by atoms with E-state index in [0.717, 1.165) is 38.5 Å². The van der Waals surface area contributed by atoms with Gasteiger partial charge in [-0.05, 0) is 18.2 Å². The first-order valence-corrected chi connectivity index (χ1v) is 6.89. The zero-order chi connectivity index (χ0) is 14.7. The summed E-state index contributed by atoms with van der Waals surface area (Å²) in [6, 6.07) is 8.27. The number of hydrogen-bond acceptors (Lipinski definition) is 5. The van der Waals surface area contributed by atoms with E-state index in [1.165, 1.54) is 0 Å². The van der Waals surface area contributed by atoms with Gasteiger partial charge in [-0.2, -0.15) is 0 Å². The molecule has 1 aliphatic rings. The Bertz CT molecular complexity index is 604. The summed E-state index contributed by atoms with van der Waals surface area (Å²) in [6.07, 6.45) is 3.26. The van der Waals surface area contributed by atoms with E-state index >= 15 is 0 Å². The molecule has 1 amide bonds. The van der Waals surface area contributed by atoms with Gasteiger partial charge in [0.25, 0.3) is 5.91 Å². The molecule has 2 aromatic rings. The van der Waals surface area contributed by atoms with E-state index in [-0.39, 0.29) is 0 Å². The molecule has 0 atom stereocenters. The summed E-state index contributed by atoms with van der Waals surface area (Å²) in [7, 11) is 0. The van der Waals surface area contributed by atoms with E-state index in [0.29, 0.717) is 11.4 Å². The van der Waals surface area contributed by atoms with Crippen LogP contribution in [0.25, 0.3) is 0 Å². The van der Waals surface area contributed by atoms with Crippen LogP contribution < -0.4 is 10.6 Å². The molecule has 2 N–H and O–H groups in total. The average molecular weight is 285 g/mol. The summed E-state index contributed by atoms with van der Waals surface area (Å²) in [5.74, 6) is 1.15. The zero-order valence-corrected chi connectivity index (χ0v) is 11.7. The van der Waals surface area contributed by atoms with Gasteiger partial charge in [-0.1, -0.05) is 0 Å². The third kappa shape index (κ3) is 3.05. The minimum atomic E-state index is -0.465. The second-order valence-corrected chi connectivity index (χ2v) is 5.01. The number of rotatable bonds is 4. The lowest BCUT2D eigenvalue weighted by Crippen LogP contribution is -2.46. The Hall–Kier alpha value is -2.34. The maximum atomic E-state index is 11.5. The lowest BCUT2D eigenvalue weighted by molar-refractivity contribution is 0.1000. The van der Waals surface area contributed by atoms with Gasteiger partial charge in [-0.15, -0.1) is 0 Å². The van der Waals surface area contributed by atoms with E-state index < -0.39 is 5.91 Å². The number of primary amides is 1. The minimum absolute atomic E-state index is 0.428. The van der Waals surface area contributed by atoms with Gasteiger partial charge in [-0.3, -0.25) is 9.69 Å². The van der Waals surface area contributed by atoms with Crippen LogP contribution in [0.1, 0.15) is 16.1 Å². The predicted octanol–water partition coefficient (Wildman–Crippen LogP) is 0.896. The van der Waals surface area contributed by atoms with Crippen LogP contribution in [0.4, 0.5) is 5.82 Å². The van der Waals surface area contributed by atoms with Crippen LogP contribution in [-0.2, 0) is 6.54 Å². The highest BCUT2D eigenvalue weighted by atomic mass is 16.3. The molecular weight excluding hydrogens is 268 g/mol. The highest BCUT2D eigenvalue weighted by Crippen LogP contribution is 2.19. The van der Waals surface area contributed by atoms with Crippen molar-refractivity contribution in [2.75, 3.05) is 31.1 Å². The summed E-state index contributed by atoms with van der Waals surface area (Å²) >= 11 is 0. The van der Waals surface area contributed by atoms with Gasteiger partial charge < -0.3 is 15.1 Å². The summed E-state index contributed by atoms with van der Waals surface area (Å²) in [5.41, 5.74) is 5.82. The number of aromatic nitrogens is 1. The van der Waals surface area contributed by atoms with Gasteiger partial charge in [-0.25, -0.2) is 4.98 Å². The normalized spacial score (nSPS) is 16.1. The van der Waals surface area contributed by atoms with Crippen molar-refractivity contribution in [1.82, 2.24) is 9.88 Å². The first-order chi connectivity index (χ1) is 10.2. The average Bonchev–Trinajstić information content (AvgIpc) is 3.01. The highest BCUT2D eigenvalue weighted by molar-refractivity contribution is 5.97. The van der Waals surface area contributed by atoms with Crippen molar-refractivity contribution < 1.29 is 9.21 Å². The molecule has 1 aliphatic heterocycles. The molecule has 1 fully saturated rings. The molecule has 1 radical (unpaired) electrons. The smallest absolute Gasteiger partial charge is 0.252 e. The first-order valence-electron chi connectivity index (χ1n) is 6.89. The van der Waals surface area contributed by atoms with Crippen LogP contribution >= 0.6 is 0 Å². The van der Waals surface area contributed by atoms with Crippen LogP contribution in [0.5, 0.6) is 0 Å². The largest absolute Gasteiger partial charge is 0.468 e. The summed E-state index contributed by atoms with van der Waals surface area (Å²) < 4.78 is 5.37. The lowest BCUT2D eigenvalue weighted by Gasteiger charge is -2.35. The van der Waals surface area contributed by atoms with Gasteiger partial charge in [0, 0.05) is 38.4 Å². The quantitative estimate of drug-likeness (QED) is 0.903. The van der Waals surface area contributed by atoms with E-state index in [4.69, 9.17) is 10.2 Å². The fourth-order valence-corrected chi connectivity index (χ4v) is 2.53. The monoisotopic (exact) mass is 285 g/mol. The molecule has 0 saturated carbocycles. The molecule has 2 aromatic heterocycles. The van der Waals surface area contributed by atoms with Gasteiger partial charge >= 0.3 is 0 Å². The standard InChI is InChI=1S/C15H17N4O2/c16-14(20)13-4-1-5-17-15(13)19-8-6-18(7-9-19)11-12-3-2-10-21-12/h2-5,10H,6-9,11H2,(H2,16,20). The summed E-state index contributed by atoms with van der Waals surface area (Å²) in [5, 5.41) is 0. The summed E-state index contributed by atoms with van der Waals surface area (Å²) in [4.78, 5) is 20.1. The van der Waals surface area contributed by atoms with Crippen LogP contribution in [-0.4, -0.2) is 42.0 Å². The molecule has 3 heterocycles. The van der Waals surface area contributed by atoms with E-state index in [2.05, 4.69) is 20.9 Å². The van der Waals surface area contributed by atoms with E-state index in [1.54, 1.807) is 18.5 Å². The third-order valence-corrected chi connectivity index (χ3v) is 3.63. The fraction of sp³-hybridized carbons (Fsp3) is 0.333. The number of nitrogens with two attached hydrogens (primary N) is 1. The van der Waals surface area contributed by atoms with Gasteiger partial charge in [0.1, 0.15) is 11.6 Å². The molecule has 6 heteroatoms. The Balaban J connectivity index is 1.64. The Kier molecular flexibility index (Phi) is 3.87. The molecule has 0 aromatic carbocycles. The van der Waals surface area contributed by atoms with Crippen molar-refractivity contribution in [3.63, 3.8) is 0 Å². The molecule has 0 unspecified atom stereocenters. The van der Waals surface area contributed by atoms with E-state index in [1.807, 2.05) is 12.1 Å². The molecule has 109 valence electrons. The van der Waals surface area contributed by atoms with Crippen molar-refractivity contribution in [3.8, 4) is 0 Å². The Labute approximate surface area is 123 Å². The fourth-order valence-electron chi connectivity index (χ4n) is 2.53. The second-order valence-electron chi connectivity index (χ2n) is 5.01. The maximum absolute atomic E-state index is 11.5. The molecule has 6 nitrogen and oxygen atoms in total. The molecule has 3 rings (SSSR count). The predicted molar refractivity (Wildman–Crippen MR) is 77.8 cm³/mol. The number of furan rings is 1. The number of nitrogens with zero attached hydrogens (tertiary/aromatic N) is 3. The Morgan fingerprint density at radius 1 is 1.38 bits per heavy atom. The molecule has 0 bridgehead atoms. The highest BCUT2D eigenvalue weighted by Gasteiger charge is 2.22. The number of amides is 1. The van der Waals surface area contributed by atoms with Crippen molar-refractivity contribution in [2.24, 2.45) is 5.73 Å². The molecule has 21 heavy (non-hydrogen) atoms. The topological polar surface area (TPSA) is 75.6 Å². The van der Waals surface area contributed by atoms with Crippen molar-refractivity contribution in [1.29, 1.82) is 0 Å². The molecule has 1 saturated heterocycles. The number of piperazine rings is 1. The van der Waals surface area contributed by atoms with Crippen molar-refractivity contribution >= 4 is 11.7 Å². The molecule has 0 aliphatic carbocycles. The number of hydrogen-bond donors (Lipinski definition) is 1. The van der Waals surface area contributed by atoms with Crippen LogP contribution in [0.15, 0.2) is 35.1 Å². The SMILES string of the molecule is NC(=O)c1c[c]cnc1N1CCN(Cc2ccco2)CC1. The zero-order valence-electron chi connectivity index (χ0n) is 11.7. The van der Waals surface area contributed by atoms with E-state index in [9.17, 15) is 4.79 Å². The van der Waals surface area contributed by atoms with Gasteiger partial charge in [0.05, 0.1) is 18.4 Å². The van der Waals surface area contributed by atoms with Gasteiger partial charge in [0.2, 0.25) is 0 Å². The summed E-state index contributed by atoms with van der Waals surface area (Å²) in [6.45, 7) is 4.19. The van der Waals surface area contributed by atoms with Crippen LogP contribution in [0.3, 0.4) is 0 Å². The number of carbonyl (C=O) groups is 1. The van der Waals surface area contributed by atoms with Crippen molar-refractivity contribution in [3.05, 3.63) is 48.0 Å². The van der Waals surface area contributed by atoms with Crippen LogP contribution in [0.2, 0.25) is 0 Å². The van der Waals surface area contributed by atoms with Crippen molar-refractivity contribution in [2.45, 2.75) is 6.54 Å². The Morgan fingerprint density at radius 2 is 2.19 bits per heavy atom. The number of anilines is 1. The Morgan fingerprint density at radius 3 is 2.86 bits per heavy atom. The van der Waals surface area contributed by atoms with Crippen LogP contribution in [0, 0.1) is 6.07 Å². The number of carbonyl (C=O) groups excluding carboxylic acids is 1. The third-order valence-electron chi connectivity index (χ3n) is 3.63. The first kappa shape index (κ1) is 13.6. The molecule has 0 spiro atoms.